The number of hydrogen-bond acceptors (Lipinski definition) is 3. The minimum absolute atomic E-state index is 0.0538. The third-order valence-corrected chi connectivity index (χ3v) is 11.5. The van der Waals surface area contributed by atoms with Crippen LogP contribution in [-0.4, -0.2) is 35.6 Å². The van der Waals surface area contributed by atoms with Gasteiger partial charge in [-0.15, -0.1) is 11.6 Å². The molecule has 0 heterocycles. The Bertz CT molecular complexity index is 760. The first-order chi connectivity index (χ1) is 16.7. The van der Waals surface area contributed by atoms with Crippen LogP contribution in [0.25, 0.3) is 0 Å². The monoisotopic (exact) mass is 506 g/mol. The third-order valence-electron chi connectivity index (χ3n) is 11.2. The second-order valence-corrected chi connectivity index (χ2v) is 13.5. The second-order valence-electron chi connectivity index (χ2n) is 13.1. The topological polar surface area (TPSA) is 46.5 Å². The lowest BCUT2D eigenvalue weighted by Crippen LogP contribution is -2.56. The highest BCUT2D eigenvalue weighted by atomic mass is 35.5. The quantitative estimate of drug-likeness (QED) is 0.216. The van der Waals surface area contributed by atoms with Crippen LogP contribution in [0.4, 0.5) is 0 Å². The molecule has 3 fully saturated rings. The summed E-state index contributed by atoms with van der Waals surface area (Å²) in [5.41, 5.74) is 1.20. The van der Waals surface area contributed by atoms with Gasteiger partial charge >= 0.3 is 0 Å². The molecule has 0 saturated heterocycles. The average Bonchev–Trinajstić information content (AvgIpc) is 3.07. The lowest BCUT2D eigenvalue weighted by atomic mass is 9.44. The highest BCUT2D eigenvalue weighted by molar-refractivity contribution is 6.17. The molecular formula is C31H51ClO3. The van der Waals surface area contributed by atoms with Crippen LogP contribution in [-0.2, 0) is 9.53 Å². The van der Waals surface area contributed by atoms with E-state index in [9.17, 15) is 9.90 Å². The molecule has 4 aliphatic carbocycles. The minimum atomic E-state index is -0.529. The summed E-state index contributed by atoms with van der Waals surface area (Å²) < 4.78 is 5.72. The average molecular weight is 507 g/mol. The number of rotatable bonds is 12. The van der Waals surface area contributed by atoms with E-state index in [-0.39, 0.29) is 10.8 Å². The molecule has 7 atom stereocenters. The van der Waals surface area contributed by atoms with E-state index < -0.39 is 5.60 Å². The normalized spacial score (nSPS) is 40.7. The Balaban J connectivity index is 1.35. The van der Waals surface area contributed by atoms with E-state index in [1.54, 1.807) is 0 Å². The van der Waals surface area contributed by atoms with Crippen LogP contribution in [0.15, 0.2) is 11.6 Å². The Morgan fingerprint density at radius 2 is 1.63 bits per heavy atom. The molecule has 0 aromatic heterocycles. The van der Waals surface area contributed by atoms with Crippen LogP contribution in [0.3, 0.4) is 0 Å². The van der Waals surface area contributed by atoms with Crippen molar-refractivity contribution < 1.29 is 14.6 Å². The van der Waals surface area contributed by atoms with Crippen LogP contribution in [0.2, 0.25) is 0 Å². The largest absolute Gasteiger partial charge is 0.390 e. The van der Waals surface area contributed by atoms with E-state index in [0.717, 1.165) is 70.5 Å². The fourth-order valence-corrected chi connectivity index (χ4v) is 8.97. The van der Waals surface area contributed by atoms with E-state index in [4.69, 9.17) is 16.3 Å². The molecule has 3 saturated carbocycles. The van der Waals surface area contributed by atoms with Gasteiger partial charge in [-0.3, -0.25) is 4.79 Å². The number of allylic oxidation sites excluding steroid dienone is 1. The zero-order valence-corrected chi connectivity index (χ0v) is 23.5. The molecule has 4 aliphatic rings. The van der Waals surface area contributed by atoms with Gasteiger partial charge in [-0.25, -0.2) is 0 Å². The van der Waals surface area contributed by atoms with Gasteiger partial charge in [0.2, 0.25) is 0 Å². The van der Waals surface area contributed by atoms with E-state index in [1.165, 1.54) is 50.5 Å². The Morgan fingerprint density at radius 3 is 2.40 bits per heavy atom. The van der Waals surface area contributed by atoms with E-state index in [0.29, 0.717) is 29.5 Å². The third kappa shape index (κ3) is 5.58. The number of carbonyl (C=O) groups excluding carboxylic acids is 1. The molecule has 0 aliphatic heterocycles. The van der Waals surface area contributed by atoms with Crippen molar-refractivity contribution in [3.8, 4) is 0 Å². The van der Waals surface area contributed by atoms with Gasteiger partial charge in [0.1, 0.15) is 0 Å². The van der Waals surface area contributed by atoms with Crippen molar-refractivity contribution in [3.63, 3.8) is 0 Å². The highest BCUT2D eigenvalue weighted by Crippen LogP contribution is 2.69. The SMILES string of the molecule is C[C@]12CCC(=O)C=C1C[C@@H](CCCCCCCOCCCCCl)[C@@H]1[C@@H]2CC[C@@]2(C)[C@H]1CC[C@]2(C)O. The maximum Gasteiger partial charge on any atom is 0.155 e. The Kier molecular flexibility index (Phi) is 9.14. The molecule has 35 heavy (non-hydrogen) atoms. The number of aliphatic hydroxyl groups is 1. The molecule has 0 aromatic carbocycles. The fraction of sp³-hybridized carbons (Fsp3) is 0.903. The van der Waals surface area contributed by atoms with E-state index in [1.807, 2.05) is 0 Å². The maximum atomic E-state index is 12.4. The molecular weight excluding hydrogens is 456 g/mol. The first-order valence-electron chi connectivity index (χ1n) is 14.8. The molecule has 0 amide bonds. The number of alkyl halides is 1. The van der Waals surface area contributed by atoms with Crippen molar-refractivity contribution in [2.75, 3.05) is 19.1 Å². The summed E-state index contributed by atoms with van der Waals surface area (Å²) >= 11 is 5.71. The van der Waals surface area contributed by atoms with Crippen molar-refractivity contribution in [2.45, 2.75) is 123 Å². The summed E-state index contributed by atoms with van der Waals surface area (Å²) in [4.78, 5) is 12.4. The van der Waals surface area contributed by atoms with Gasteiger partial charge in [-0.05, 0) is 112 Å². The summed E-state index contributed by atoms with van der Waals surface area (Å²) in [5.74, 6) is 3.78. The van der Waals surface area contributed by atoms with Gasteiger partial charge in [-0.2, -0.15) is 0 Å². The molecule has 0 unspecified atom stereocenters. The predicted octanol–water partition coefficient (Wildman–Crippen LogP) is 7.87. The van der Waals surface area contributed by atoms with Crippen LogP contribution in [0.1, 0.15) is 117 Å². The molecule has 0 aromatic rings. The molecule has 4 heteroatoms. The zero-order valence-electron chi connectivity index (χ0n) is 22.8. The number of hydrogen-bond donors (Lipinski definition) is 1. The van der Waals surface area contributed by atoms with Crippen LogP contribution in [0.5, 0.6) is 0 Å². The van der Waals surface area contributed by atoms with Gasteiger partial charge in [-0.1, -0.05) is 45.1 Å². The standard InChI is InChI=1S/C31H51ClO3/c1-29-15-12-25(33)22-24(29)21-23(11-7-5-4-6-9-19-35-20-10-8-18-32)28-26(29)13-16-30(2)27(28)14-17-31(30,3)34/h22-23,26-28,34H,4-21H2,1-3H3/t23-,26+,27+,28-,29+,30+,31+/m1/s1. The Labute approximate surface area is 219 Å². The molecule has 1 N–H and O–H groups in total. The van der Waals surface area contributed by atoms with E-state index >= 15 is 0 Å². The number of ether oxygens (including phenoxy) is 1. The van der Waals surface area contributed by atoms with Crippen molar-refractivity contribution in [1.29, 1.82) is 0 Å². The number of fused-ring (bicyclic) bond motifs is 5. The first-order valence-corrected chi connectivity index (χ1v) is 15.4. The second kappa shape index (κ2) is 11.6. The minimum Gasteiger partial charge on any atom is -0.390 e. The molecule has 200 valence electrons. The van der Waals surface area contributed by atoms with Gasteiger partial charge in [0, 0.05) is 25.5 Å². The summed E-state index contributed by atoms with van der Waals surface area (Å²) in [6.07, 6.45) is 19.2. The van der Waals surface area contributed by atoms with Gasteiger partial charge in [0.15, 0.2) is 5.78 Å². The van der Waals surface area contributed by atoms with E-state index in [2.05, 4.69) is 26.8 Å². The summed E-state index contributed by atoms with van der Waals surface area (Å²) in [6, 6.07) is 0. The summed E-state index contributed by atoms with van der Waals surface area (Å²) in [5, 5.41) is 11.4. The van der Waals surface area contributed by atoms with Crippen LogP contribution < -0.4 is 0 Å². The lowest BCUT2D eigenvalue weighted by molar-refractivity contribution is -0.135. The van der Waals surface area contributed by atoms with Crippen molar-refractivity contribution in [2.24, 2.45) is 34.5 Å². The van der Waals surface area contributed by atoms with Crippen molar-refractivity contribution >= 4 is 17.4 Å². The van der Waals surface area contributed by atoms with Gasteiger partial charge in [0.05, 0.1) is 5.60 Å². The predicted molar refractivity (Wildman–Crippen MR) is 145 cm³/mol. The Morgan fingerprint density at radius 1 is 0.943 bits per heavy atom. The summed E-state index contributed by atoms with van der Waals surface area (Å²) in [7, 11) is 0. The highest BCUT2D eigenvalue weighted by Gasteiger charge is 2.64. The van der Waals surface area contributed by atoms with Gasteiger partial charge in [0.25, 0.3) is 0 Å². The summed E-state index contributed by atoms with van der Waals surface area (Å²) in [6.45, 7) is 8.72. The van der Waals surface area contributed by atoms with Crippen molar-refractivity contribution in [1.82, 2.24) is 0 Å². The smallest absolute Gasteiger partial charge is 0.155 e. The van der Waals surface area contributed by atoms with Crippen LogP contribution in [0, 0.1) is 34.5 Å². The lowest BCUT2D eigenvalue weighted by Gasteiger charge is -2.61. The maximum absolute atomic E-state index is 12.4. The molecule has 0 radical (unpaired) electrons. The number of halogens is 1. The number of ketones is 1. The zero-order chi connectivity index (χ0) is 25.1. The number of carbonyl (C=O) groups is 1. The first kappa shape index (κ1) is 27.6. The fourth-order valence-electron chi connectivity index (χ4n) is 8.79. The molecule has 0 bridgehead atoms. The molecule has 3 nitrogen and oxygen atoms in total. The molecule has 0 spiro atoms. The Hall–Kier alpha value is -0.380. The number of unbranched alkanes of at least 4 members (excludes halogenated alkanes) is 5. The van der Waals surface area contributed by atoms with Crippen molar-refractivity contribution in [3.05, 3.63) is 11.6 Å². The van der Waals surface area contributed by atoms with Crippen LogP contribution >= 0.6 is 11.6 Å². The van der Waals surface area contributed by atoms with Gasteiger partial charge < -0.3 is 9.84 Å². The molecule has 4 rings (SSSR count).